The van der Waals surface area contributed by atoms with Gasteiger partial charge in [0, 0.05) is 38.3 Å². The number of carbonyl (C=O) groups excluding carboxylic acids is 1. The van der Waals surface area contributed by atoms with Gasteiger partial charge in [0.2, 0.25) is 5.91 Å². The molecule has 5 nitrogen and oxygen atoms in total. The van der Waals surface area contributed by atoms with E-state index in [1.165, 1.54) is 6.08 Å². The van der Waals surface area contributed by atoms with Crippen molar-refractivity contribution in [3.8, 4) is 0 Å². The van der Waals surface area contributed by atoms with Crippen molar-refractivity contribution in [1.29, 1.82) is 0 Å². The van der Waals surface area contributed by atoms with Gasteiger partial charge in [-0.3, -0.25) is 9.69 Å². The van der Waals surface area contributed by atoms with Crippen molar-refractivity contribution in [3.63, 3.8) is 0 Å². The molecule has 1 aromatic rings. The maximum Gasteiger partial charge on any atom is 0.246 e. The first-order chi connectivity index (χ1) is 11.9. The number of hydrogen-bond acceptors (Lipinski definition) is 4. The van der Waals surface area contributed by atoms with Crippen LogP contribution >= 0.6 is 23.2 Å². The van der Waals surface area contributed by atoms with Crippen LogP contribution in [0.5, 0.6) is 0 Å². The molecule has 0 radical (unpaired) electrons. The zero-order valence-electron chi connectivity index (χ0n) is 13.7. The SMILES string of the molecule is O=C(/C=C/c1cccc(Cl)c1Cl)N1CCN([C@@H]2CCS(=O)(=O)C2)CC1. The number of amides is 1. The molecule has 2 aliphatic heterocycles. The maximum absolute atomic E-state index is 12.3. The van der Waals surface area contributed by atoms with Crippen molar-refractivity contribution >= 4 is 45.0 Å². The number of benzene rings is 1. The van der Waals surface area contributed by atoms with E-state index in [0.717, 1.165) is 0 Å². The Hall–Kier alpha value is -1.08. The van der Waals surface area contributed by atoms with Crippen LogP contribution < -0.4 is 0 Å². The Kier molecular flexibility index (Phi) is 5.73. The molecule has 0 bridgehead atoms. The molecule has 1 atom stereocenters. The van der Waals surface area contributed by atoms with Crippen LogP contribution in [-0.2, 0) is 14.6 Å². The molecule has 136 valence electrons. The number of halogens is 2. The third-order valence-electron chi connectivity index (χ3n) is 4.74. The summed E-state index contributed by atoms with van der Waals surface area (Å²) in [5.74, 6) is 0.448. The molecule has 2 aliphatic rings. The van der Waals surface area contributed by atoms with E-state index in [9.17, 15) is 13.2 Å². The second-order valence-electron chi connectivity index (χ2n) is 6.39. The average Bonchev–Trinajstić information content (AvgIpc) is 2.96. The number of nitrogens with zero attached hydrogens (tertiary/aromatic N) is 2. The lowest BCUT2D eigenvalue weighted by Crippen LogP contribution is -2.52. The summed E-state index contributed by atoms with van der Waals surface area (Å²) in [4.78, 5) is 16.3. The second-order valence-corrected chi connectivity index (χ2v) is 9.41. The van der Waals surface area contributed by atoms with Gasteiger partial charge in [0.1, 0.15) is 0 Å². The van der Waals surface area contributed by atoms with E-state index in [4.69, 9.17) is 23.2 Å². The predicted octanol–water partition coefficient (Wildman–Crippen LogP) is 2.34. The minimum absolute atomic E-state index is 0.0743. The maximum atomic E-state index is 12.3. The molecule has 2 saturated heterocycles. The summed E-state index contributed by atoms with van der Waals surface area (Å²) in [7, 11) is -2.88. The van der Waals surface area contributed by atoms with Gasteiger partial charge in [0.05, 0.1) is 21.6 Å². The molecule has 0 N–H and O–H groups in total. The molecule has 2 fully saturated rings. The Morgan fingerprint density at radius 2 is 1.88 bits per heavy atom. The Labute approximate surface area is 158 Å². The normalized spacial score (nSPS) is 24.1. The molecule has 0 unspecified atom stereocenters. The van der Waals surface area contributed by atoms with Crippen LogP contribution in [0.15, 0.2) is 24.3 Å². The van der Waals surface area contributed by atoms with Gasteiger partial charge in [-0.15, -0.1) is 0 Å². The van der Waals surface area contributed by atoms with Crippen LogP contribution in [0.25, 0.3) is 6.08 Å². The Bertz CT molecular complexity index is 787. The molecule has 0 saturated carbocycles. The highest BCUT2D eigenvalue weighted by molar-refractivity contribution is 7.91. The minimum Gasteiger partial charge on any atom is -0.337 e. The van der Waals surface area contributed by atoms with E-state index in [0.29, 0.717) is 48.2 Å². The number of piperazine rings is 1. The minimum atomic E-state index is -2.88. The summed E-state index contributed by atoms with van der Waals surface area (Å²) in [6.07, 6.45) is 3.88. The van der Waals surface area contributed by atoms with E-state index >= 15 is 0 Å². The number of rotatable bonds is 3. The van der Waals surface area contributed by atoms with Crippen LogP contribution in [0.1, 0.15) is 12.0 Å². The predicted molar refractivity (Wildman–Crippen MR) is 101 cm³/mol. The molecule has 3 rings (SSSR count). The monoisotopic (exact) mass is 402 g/mol. The molecule has 0 aliphatic carbocycles. The van der Waals surface area contributed by atoms with Crippen molar-refractivity contribution in [1.82, 2.24) is 9.80 Å². The lowest BCUT2D eigenvalue weighted by atomic mass is 10.2. The zero-order chi connectivity index (χ0) is 18.0. The summed E-state index contributed by atoms with van der Waals surface area (Å²) in [6.45, 7) is 2.61. The van der Waals surface area contributed by atoms with Crippen molar-refractivity contribution in [2.24, 2.45) is 0 Å². The zero-order valence-corrected chi connectivity index (χ0v) is 16.0. The summed E-state index contributed by atoms with van der Waals surface area (Å²) < 4.78 is 23.2. The Morgan fingerprint density at radius 1 is 1.16 bits per heavy atom. The summed E-state index contributed by atoms with van der Waals surface area (Å²) in [5, 5.41) is 0.886. The van der Waals surface area contributed by atoms with Gasteiger partial charge in [-0.05, 0) is 24.1 Å². The number of sulfone groups is 1. The van der Waals surface area contributed by atoms with Gasteiger partial charge in [-0.1, -0.05) is 35.3 Å². The van der Waals surface area contributed by atoms with E-state index in [1.807, 2.05) is 0 Å². The molecule has 25 heavy (non-hydrogen) atoms. The fourth-order valence-corrected chi connectivity index (χ4v) is 5.42. The largest absolute Gasteiger partial charge is 0.337 e. The first kappa shape index (κ1) is 18.7. The van der Waals surface area contributed by atoms with Crippen molar-refractivity contribution < 1.29 is 13.2 Å². The molecular weight excluding hydrogens is 383 g/mol. The molecule has 0 aromatic heterocycles. The second kappa shape index (κ2) is 7.66. The van der Waals surface area contributed by atoms with Crippen LogP contribution in [0.3, 0.4) is 0 Å². The van der Waals surface area contributed by atoms with Gasteiger partial charge in [0.15, 0.2) is 9.84 Å². The van der Waals surface area contributed by atoms with Crippen LogP contribution in [-0.4, -0.2) is 67.9 Å². The quantitative estimate of drug-likeness (QED) is 0.727. The van der Waals surface area contributed by atoms with Gasteiger partial charge in [-0.2, -0.15) is 0 Å². The standard InChI is InChI=1S/C17H20Cl2N2O3S/c18-15-3-1-2-13(17(15)19)4-5-16(22)21-9-7-20(8-10-21)14-6-11-25(23,24)12-14/h1-5,14H,6-12H2/b5-4+/t14-/m1/s1. The first-order valence-electron chi connectivity index (χ1n) is 8.21. The molecule has 1 aromatic carbocycles. The van der Waals surface area contributed by atoms with Crippen LogP contribution in [0.4, 0.5) is 0 Å². The fraction of sp³-hybridized carbons (Fsp3) is 0.471. The highest BCUT2D eigenvalue weighted by Crippen LogP contribution is 2.26. The van der Waals surface area contributed by atoms with Gasteiger partial charge >= 0.3 is 0 Å². The van der Waals surface area contributed by atoms with Gasteiger partial charge < -0.3 is 4.90 Å². The molecular formula is C17H20Cl2N2O3S. The highest BCUT2D eigenvalue weighted by atomic mass is 35.5. The number of hydrogen-bond donors (Lipinski definition) is 0. The first-order valence-corrected chi connectivity index (χ1v) is 10.8. The van der Waals surface area contributed by atoms with Gasteiger partial charge in [-0.25, -0.2) is 8.42 Å². The third-order valence-corrected chi connectivity index (χ3v) is 7.32. The number of carbonyl (C=O) groups is 1. The third kappa shape index (κ3) is 4.56. The summed E-state index contributed by atoms with van der Waals surface area (Å²) in [6, 6.07) is 5.39. The Morgan fingerprint density at radius 3 is 2.52 bits per heavy atom. The van der Waals surface area contributed by atoms with E-state index < -0.39 is 9.84 Å². The van der Waals surface area contributed by atoms with E-state index in [1.54, 1.807) is 29.2 Å². The highest BCUT2D eigenvalue weighted by Gasteiger charge is 2.34. The molecule has 0 spiro atoms. The van der Waals surface area contributed by atoms with Crippen LogP contribution in [0, 0.1) is 0 Å². The topological polar surface area (TPSA) is 57.7 Å². The molecule has 8 heteroatoms. The molecule has 2 heterocycles. The lowest BCUT2D eigenvalue weighted by Gasteiger charge is -2.37. The fourth-order valence-electron chi connectivity index (χ4n) is 3.29. The van der Waals surface area contributed by atoms with Crippen molar-refractivity contribution in [2.75, 3.05) is 37.7 Å². The van der Waals surface area contributed by atoms with Crippen LogP contribution in [0.2, 0.25) is 10.0 Å². The summed E-state index contributed by atoms with van der Waals surface area (Å²) >= 11 is 12.1. The average molecular weight is 403 g/mol. The van der Waals surface area contributed by atoms with Gasteiger partial charge in [0.25, 0.3) is 0 Å². The lowest BCUT2D eigenvalue weighted by molar-refractivity contribution is -0.127. The summed E-state index contributed by atoms with van der Waals surface area (Å²) in [5.41, 5.74) is 0.706. The van der Waals surface area contributed by atoms with Crippen molar-refractivity contribution in [2.45, 2.75) is 12.5 Å². The Balaban J connectivity index is 1.55. The smallest absolute Gasteiger partial charge is 0.246 e. The van der Waals surface area contributed by atoms with E-state index in [2.05, 4.69) is 4.90 Å². The molecule has 1 amide bonds. The van der Waals surface area contributed by atoms with Crippen molar-refractivity contribution in [3.05, 3.63) is 39.9 Å². The van der Waals surface area contributed by atoms with E-state index in [-0.39, 0.29) is 23.5 Å².